The highest BCUT2D eigenvalue weighted by Crippen LogP contribution is 2.34. The van der Waals surface area contributed by atoms with Gasteiger partial charge in [0.05, 0.1) is 11.5 Å². The van der Waals surface area contributed by atoms with Crippen LogP contribution in [-0.2, 0) is 0 Å². The standard InChI is InChI=1S/C15H18FN3O/c1-2-17-13-9-5-7-11(13)15-18-14(19-20-15)10-6-3-4-8-12(10)16/h3-4,6,8,11,13,17H,2,5,7,9H2,1H3. The maximum atomic E-state index is 13.7. The van der Waals surface area contributed by atoms with E-state index in [9.17, 15) is 4.39 Å². The molecular weight excluding hydrogens is 257 g/mol. The highest BCUT2D eigenvalue weighted by Gasteiger charge is 2.32. The Hall–Kier alpha value is -1.75. The maximum absolute atomic E-state index is 13.7. The van der Waals surface area contributed by atoms with E-state index in [0.29, 0.717) is 23.3 Å². The molecule has 0 aliphatic heterocycles. The molecule has 0 bridgehead atoms. The molecule has 0 amide bonds. The summed E-state index contributed by atoms with van der Waals surface area (Å²) in [5.41, 5.74) is 0.389. The number of nitrogens with zero attached hydrogens (tertiary/aromatic N) is 2. The van der Waals surface area contributed by atoms with Gasteiger partial charge in [-0.3, -0.25) is 0 Å². The zero-order valence-corrected chi connectivity index (χ0v) is 11.5. The molecule has 20 heavy (non-hydrogen) atoms. The maximum Gasteiger partial charge on any atom is 0.231 e. The van der Waals surface area contributed by atoms with Crippen LogP contribution < -0.4 is 5.32 Å². The van der Waals surface area contributed by atoms with Gasteiger partial charge in [-0.2, -0.15) is 4.98 Å². The van der Waals surface area contributed by atoms with Crippen molar-refractivity contribution in [3.63, 3.8) is 0 Å². The van der Waals surface area contributed by atoms with Crippen LogP contribution in [0.4, 0.5) is 4.39 Å². The van der Waals surface area contributed by atoms with Crippen molar-refractivity contribution in [2.75, 3.05) is 6.54 Å². The Bertz CT molecular complexity index is 584. The van der Waals surface area contributed by atoms with Crippen LogP contribution in [0.2, 0.25) is 0 Å². The van der Waals surface area contributed by atoms with Gasteiger partial charge in [0.15, 0.2) is 0 Å². The summed E-state index contributed by atoms with van der Waals surface area (Å²) in [6.45, 7) is 3.02. The largest absolute Gasteiger partial charge is 0.339 e. The third-order valence-electron chi connectivity index (χ3n) is 3.86. The molecule has 5 heteroatoms. The SMILES string of the molecule is CCNC1CCCC1c1nc(-c2ccccc2F)no1. The first-order valence-corrected chi connectivity index (χ1v) is 7.11. The van der Waals surface area contributed by atoms with Crippen molar-refractivity contribution in [1.82, 2.24) is 15.5 Å². The van der Waals surface area contributed by atoms with Crippen LogP contribution in [-0.4, -0.2) is 22.7 Å². The topological polar surface area (TPSA) is 51.0 Å². The normalized spacial score (nSPS) is 22.3. The van der Waals surface area contributed by atoms with E-state index >= 15 is 0 Å². The van der Waals surface area contributed by atoms with Crippen LogP contribution in [0.15, 0.2) is 28.8 Å². The van der Waals surface area contributed by atoms with Crippen molar-refractivity contribution < 1.29 is 8.91 Å². The fourth-order valence-corrected chi connectivity index (χ4v) is 2.90. The summed E-state index contributed by atoms with van der Waals surface area (Å²) in [6.07, 6.45) is 3.31. The molecule has 2 unspecified atom stereocenters. The minimum atomic E-state index is -0.325. The lowest BCUT2D eigenvalue weighted by Crippen LogP contribution is -2.31. The van der Waals surface area contributed by atoms with Crippen LogP contribution in [0.1, 0.15) is 38.0 Å². The lowest BCUT2D eigenvalue weighted by atomic mass is 10.0. The fourth-order valence-electron chi connectivity index (χ4n) is 2.90. The van der Waals surface area contributed by atoms with Crippen molar-refractivity contribution >= 4 is 0 Å². The molecule has 2 aromatic rings. The zero-order chi connectivity index (χ0) is 13.9. The van der Waals surface area contributed by atoms with Crippen LogP contribution >= 0.6 is 0 Å². The van der Waals surface area contributed by atoms with Gasteiger partial charge in [-0.05, 0) is 31.5 Å². The Kier molecular flexibility index (Phi) is 3.78. The molecule has 0 saturated heterocycles. The first-order chi connectivity index (χ1) is 9.79. The van der Waals surface area contributed by atoms with Crippen molar-refractivity contribution in [2.45, 2.75) is 38.1 Å². The van der Waals surface area contributed by atoms with Crippen LogP contribution in [0.25, 0.3) is 11.4 Å². The highest BCUT2D eigenvalue weighted by molar-refractivity contribution is 5.54. The molecule has 1 heterocycles. The number of hydrogen-bond acceptors (Lipinski definition) is 4. The zero-order valence-electron chi connectivity index (χ0n) is 11.5. The Morgan fingerprint density at radius 3 is 3.00 bits per heavy atom. The second kappa shape index (κ2) is 5.71. The molecule has 0 radical (unpaired) electrons. The number of likely N-dealkylation sites (N-methyl/N-ethyl adjacent to an activating group) is 1. The molecule has 1 aromatic heterocycles. The first-order valence-electron chi connectivity index (χ1n) is 7.11. The van der Waals surface area contributed by atoms with E-state index in [1.165, 1.54) is 6.07 Å². The average Bonchev–Trinajstić information content (AvgIpc) is 3.08. The van der Waals surface area contributed by atoms with E-state index in [1.54, 1.807) is 18.2 Å². The Balaban J connectivity index is 1.85. The second-order valence-electron chi connectivity index (χ2n) is 5.14. The number of hydrogen-bond donors (Lipinski definition) is 1. The van der Waals surface area contributed by atoms with Crippen molar-refractivity contribution in [1.29, 1.82) is 0 Å². The van der Waals surface area contributed by atoms with E-state index in [4.69, 9.17) is 4.52 Å². The van der Waals surface area contributed by atoms with Gasteiger partial charge in [0, 0.05) is 6.04 Å². The van der Waals surface area contributed by atoms with Crippen molar-refractivity contribution in [3.05, 3.63) is 36.0 Å². The van der Waals surface area contributed by atoms with Gasteiger partial charge in [-0.1, -0.05) is 30.6 Å². The molecular formula is C15H18FN3O. The summed E-state index contributed by atoms with van der Waals surface area (Å²) < 4.78 is 19.1. The molecule has 0 spiro atoms. The van der Waals surface area contributed by atoms with Crippen LogP contribution in [0.3, 0.4) is 0 Å². The minimum Gasteiger partial charge on any atom is -0.339 e. The predicted octanol–water partition coefficient (Wildman–Crippen LogP) is 3.12. The van der Waals surface area contributed by atoms with Gasteiger partial charge in [0.1, 0.15) is 5.82 Å². The van der Waals surface area contributed by atoms with Gasteiger partial charge in [-0.25, -0.2) is 4.39 Å². The Morgan fingerprint density at radius 2 is 2.20 bits per heavy atom. The fraction of sp³-hybridized carbons (Fsp3) is 0.467. The summed E-state index contributed by atoms with van der Waals surface area (Å²) in [7, 11) is 0. The quantitative estimate of drug-likeness (QED) is 0.931. The second-order valence-corrected chi connectivity index (χ2v) is 5.14. The molecule has 1 aliphatic rings. The van der Waals surface area contributed by atoms with Gasteiger partial charge in [-0.15, -0.1) is 0 Å². The van der Waals surface area contributed by atoms with Crippen LogP contribution in [0.5, 0.6) is 0 Å². The van der Waals surface area contributed by atoms with Gasteiger partial charge in [0.25, 0.3) is 0 Å². The molecule has 1 N–H and O–H groups in total. The van der Waals surface area contributed by atoms with E-state index in [-0.39, 0.29) is 11.7 Å². The summed E-state index contributed by atoms with van der Waals surface area (Å²) in [5.74, 6) is 0.865. The van der Waals surface area contributed by atoms with E-state index in [2.05, 4.69) is 22.4 Å². The highest BCUT2D eigenvalue weighted by atomic mass is 19.1. The number of aromatic nitrogens is 2. The lowest BCUT2D eigenvalue weighted by molar-refractivity contribution is 0.332. The summed E-state index contributed by atoms with van der Waals surface area (Å²) in [4.78, 5) is 4.40. The molecule has 1 fully saturated rings. The lowest BCUT2D eigenvalue weighted by Gasteiger charge is -2.16. The number of nitrogens with one attached hydrogen (secondary N) is 1. The van der Waals surface area contributed by atoms with Crippen molar-refractivity contribution in [3.8, 4) is 11.4 Å². The Labute approximate surface area is 117 Å². The summed E-state index contributed by atoms with van der Waals surface area (Å²) in [5, 5.41) is 7.38. The first kappa shape index (κ1) is 13.2. The predicted molar refractivity (Wildman–Crippen MR) is 73.7 cm³/mol. The van der Waals surface area contributed by atoms with Gasteiger partial charge >= 0.3 is 0 Å². The Morgan fingerprint density at radius 1 is 1.35 bits per heavy atom. The molecule has 2 atom stereocenters. The average molecular weight is 275 g/mol. The third-order valence-corrected chi connectivity index (χ3v) is 3.86. The van der Waals surface area contributed by atoms with E-state index < -0.39 is 0 Å². The summed E-state index contributed by atoms with van der Waals surface area (Å²) in [6, 6.07) is 6.88. The van der Waals surface area contributed by atoms with E-state index in [0.717, 1.165) is 25.8 Å². The van der Waals surface area contributed by atoms with E-state index in [1.807, 2.05) is 0 Å². The molecule has 1 aliphatic carbocycles. The number of benzene rings is 1. The van der Waals surface area contributed by atoms with Crippen molar-refractivity contribution in [2.24, 2.45) is 0 Å². The van der Waals surface area contributed by atoms with Crippen LogP contribution in [0, 0.1) is 5.82 Å². The third kappa shape index (κ3) is 2.45. The molecule has 1 saturated carbocycles. The number of halogens is 1. The number of rotatable bonds is 4. The monoisotopic (exact) mass is 275 g/mol. The molecule has 3 rings (SSSR count). The molecule has 106 valence electrons. The van der Waals surface area contributed by atoms with Gasteiger partial charge < -0.3 is 9.84 Å². The molecule has 1 aromatic carbocycles. The minimum absolute atomic E-state index is 0.239. The summed E-state index contributed by atoms with van der Waals surface area (Å²) >= 11 is 0. The smallest absolute Gasteiger partial charge is 0.231 e. The van der Waals surface area contributed by atoms with Gasteiger partial charge in [0.2, 0.25) is 11.7 Å². The molecule has 4 nitrogen and oxygen atoms in total.